The van der Waals surface area contributed by atoms with Crippen LogP contribution in [0.25, 0.3) is 0 Å². The summed E-state index contributed by atoms with van der Waals surface area (Å²) < 4.78 is 10.8. The zero-order valence-corrected chi connectivity index (χ0v) is 12.7. The molecular formula is C16H24N2O3. The molecule has 1 aliphatic rings. The van der Waals surface area contributed by atoms with Crippen molar-refractivity contribution in [3.8, 4) is 11.5 Å². The van der Waals surface area contributed by atoms with E-state index in [1.165, 1.54) is 0 Å². The van der Waals surface area contributed by atoms with Crippen LogP contribution in [0.3, 0.4) is 0 Å². The molecule has 1 aromatic carbocycles. The normalized spacial score (nSPS) is 21.7. The van der Waals surface area contributed by atoms with Crippen molar-refractivity contribution in [1.29, 1.82) is 0 Å². The van der Waals surface area contributed by atoms with Crippen molar-refractivity contribution in [2.45, 2.75) is 38.6 Å². The number of rotatable bonds is 5. The maximum absolute atomic E-state index is 12.3. The van der Waals surface area contributed by atoms with Gasteiger partial charge in [-0.3, -0.25) is 4.79 Å². The Balaban J connectivity index is 2.00. The predicted molar refractivity (Wildman–Crippen MR) is 82.7 cm³/mol. The lowest BCUT2D eigenvalue weighted by Gasteiger charge is -2.25. The topological polar surface area (TPSA) is 73.6 Å². The molecule has 5 heteroatoms. The second-order valence-corrected chi connectivity index (χ2v) is 5.40. The average molecular weight is 292 g/mol. The second-order valence-electron chi connectivity index (χ2n) is 5.40. The monoisotopic (exact) mass is 292 g/mol. The van der Waals surface area contributed by atoms with Gasteiger partial charge in [0.05, 0.1) is 13.7 Å². The molecule has 0 radical (unpaired) electrons. The molecule has 0 aliphatic heterocycles. The molecule has 5 nitrogen and oxygen atoms in total. The van der Waals surface area contributed by atoms with Crippen LogP contribution in [0.4, 0.5) is 5.69 Å². The molecule has 0 heterocycles. The average Bonchev–Trinajstić information content (AvgIpc) is 2.49. The van der Waals surface area contributed by atoms with Crippen molar-refractivity contribution >= 4 is 11.6 Å². The van der Waals surface area contributed by atoms with Crippen LogP contribution in [-0.4, -0.2) is 25.7 Å². The van der Waals surface area contributed by atoms with Crippen LogP contribution in [0.5, 0.6) is 11.5 Å². The van der Waals surface area contributed by atoms with E-state index in [1.54, 1.807) is 13.2 Å². The lowest BCUT2D eigenvalue weighted by Crippen LogP contribution is -2.32. The molecule has 1 aliphatic carbocycles. The summed E-state index contributed by atoms with van der Waals surface area (Å²) >= 11 is 0. The molecule has 0 spiro atoms. The molecule has 0 atom stereocenters. The summed E-state index contributed by atoms with van der Waals surface area (Å²) in [5.74, 6) is 1.43. The van der Waals surface area contributed by atoms with Crippen molar-refractivity contribution in [2.24, 2.45) is 11.7 Å². The smallest absolute Gasteiger partial charge is 0.227 e. The first-order valence-corrected chi connectivity index (χ1v) is 7.51. The molecule has 1 aromatic rings. The first-order valence-electron chi connectivity index (χ1n) is 7.51. The van der Waals surface area contributed by atoms with Gasteiger partial charge < -0.3 is 20.5 Å². The Bertz CT molecular complexity index is 482. The number of carbonyl (C=O) groups excluding carboxylic acids is 1. The molecule has 0 aromatic heterocycles. The van der Waals surface area contributed by atoms with Gasteiger partial charge >= 0.3 is 0 Å². The van der Waals surface area contributed by atoms with E-state index >= 15 is 0 Å². The number of benzene rings is 1. The van der Waals surface area contributed by atoms with E-state index in [0.717, 1.165) is 31.4 Å². The Morgan fingerprint density at radius 3 is 2.62 bits per heavy atom. The summed E-state index contributed by atoms with van der Waals surface area (Å²) in [5.41, 5.74) is 6.60. The van der Waals surface area contributed by atoms with Crippen molar-refractivity contribution in [2.75, 3.05) is 19.0 Å². The van der Waals surface area contributed by atoms with Crippen LogP contribution >= 0.6 is 0 Å². The first-order chi connectivity index (χ1) is 10.1. The third-order valence-corrected chi connectivity index (χ3v) is 3.87. The van der Waals surface area contributed by atoms with Crippen LogP contribution in [0.2, 0.25) is 0 Å². The minimum absolute atomic E-state index is 0.0577. The number of anilines is 1. The Hall–Kier alpha value is -1.75. The van der Waals surface area contributed by atoms with Crippen molar-refractivity contribution in [3.63, 3.8) is 0 Å². The molecule has 0 saturated heterocycles. The van der Waals surface area contributed by atoms with E-state index in [9.17, 15) is 4.79 Å². The van der Waals surface area contributed by atoms with Gasteiger partial charge in [-0.05, 0) is 44.7 Å². The van der Waals surface area contributed by atoms with Gasteiger partial charge in [0.2, 0.25) is 5.91 Å². The molecule has 3 N–H and O–H groups in total. The van der Waals surface area contributed by atoms with Crippen molar-refractivity contribution < 1.29 is 14.3 Å². The summed E-state index contributed by atoms with van der Waals surface area (Å²) in [6, 6.07) is 5.69. The van der Waals surface area contributed by atoms with Crippen LogP contribution < -0.4 is 20.5 Å². The Kier molecular flexibility index (Phi) is 5.44. The lowest BCUT2D eigenvalue weighted by molar-refractivity contribution is -0.120. The number of hydrogen-bond acceptors (Lipinski definition) is 4. The Morgan fingerprint density at radius 2 is 2.00 bits per heavy atom. The van der Waals surface area contributed by atoms with Crippen molar-refractivity contribution in [3.05, 3.63) is 18.2 Å². The van der Waals surface area contributed by atoms with Crippen LogP contribution in [0.1, 0.15) is 32.6 Å². The van der Waals surface area contributed by atoms with Crippen LogP contribution in [0.15, 0.2) is 18.2 Å². The van der Waals surface area contributed by atoms with E-state index < -0.39 is 0 Å². The van der Waals surface area contributed by atoms with Crippen LogP contribution in [-0.2, 0) is 4.79 Å². The zero-order chi connectivity index (χ0) is 15.2. The fourth-order valence-electron chi connectivity index (χ4n) is 2.65. The SMILES string of the molecule is CCOc1ccc(NC(=O)C2CCC(N)CC2)cc1OC. The van der Waals surface area contributed by atoms with Gasteiger partial charge in [0.15, 0.2) is 11.5 Å². The quantitative estimate of drug-likeness (QED) is 0.874. The number of carbonyl (C=O) groups is 1. The van der Waals surface area contributed by atoms with Gasteiger partial charge in [-0.1, -0.05) is 0 Å². The Morgan fingerprint density at radius 1 is 1.29 bits per heavy atom. The van der Waals surface area contributed by atoms with E-state index in [4.69, 9.17) is 15.2 Å². The molecule has 21 heavy (non-hydrogen) atoms. The molecule has 1 amide bonds. The minimum atomic E-state index is 0.0577. The molecule has 116 valence electrons. The molecular weight excluding hydrogens is 268 g/mol. The maximum atomic E-state index is 12.3. The molecule has 1 fully saturated rings. The third kappa shape index (κ3) is 4.11. The summed E-state index contributed by atoms with van der Waals surface area (Å²) in [6.45, 7) is 2.49. The number of amides is 1. The highest BCUT2D eigenvalue weighted by Gasteiger charge is 2.24. The zero-order valence-electron chi connectivity index (χ0n) is 12.7. The number of nitrogens with two attached hydrogens (primary N) is 1. The van der Waals surface area contributed by atoms with E-state index in [1.807, 2.05) is 19.1 Å². The largest absolute Gasteiger partial charge is 0.493 e. The lowest BCUT2D eigenvalue weighted by atomic mass is 9.86. The highest BCUT2D eigenvalue weighted by atomic mass is 16.5. The van der Waals surface area contributed by atoms with E-state index in [-0.39, 0.29) is 17.9 Å². The fourth-order valence-corrected chi connectivity index (χ4v) is 2.65. The minimum Gasteiger partial charge on any atom is -0.493 e. The fraction of sp³-hybridized carbons (Fsp3) is 0.562. The first kappa shape index (κ1) is 15.6. The number of nitrogens with one attached hydrogen (secondary N) is 1. The van der Waals surface area contributed by atoms with Gasteiger partial charge in [0.1, 0.15) is 0 Å². The molecule has 0 unspecified atom stereocenters. The number of methoxy groups -OCH3 is 1. The third-order valence-electron chi connectivity index (χ3n) is 3.87. The van der Waals surface area contributed by atoms with E-state index in [2.05, 4.69) is 5.32 Å². The summed E-state index contributed by atoms with van der Waals surface area (Å²) in [7, 11) is 1.59. The van der Waals surface area contributed by atoms with Gasteiger partial charge in [0, 0.05) is 23.7 Å². The van der Waals surface area contributed by atoms with Gasteiger partial charge in [-0.2, -0.15) is 0 Å². The van der Waals surface area contributed by atoms with E-state index in [0.29, 0.717) is 18.1 Å². The highest BCUT2D eigenvalue weighted by Crippen LogP contribution is 2.31. The number of hydrogen-bond donors (Lipinski definition) is 2. The maximum Gasteiger partial charge on any atom is 0.227 e. The van der Waals surface area contributed by atoms with Crippen molar-refractivity contribution in [1.82, 2.24) is 0 Å². The standard InChI is InChI=1S/C16H24N2O3/c1-3-21-14-9-8-13(10-15(14)20-2)18-16(19)11-4-6-12(17)7-5-11/h8-12H,3-7,17H2,1-2H3,(H,18,19). The molecule has 2 rings (SSSR count). The molecule has 1 saturated carbocycles. The summed E-state index contributed by atoms with van der Waals surface area (Å²) in [6.07, 6.45) is 3.57. The van der Waals surface area contributed by atoms with Crippen LogP contribution in [0, 0.1) is 5.92 Å². The Labute approximate surface area is 125 Å². The summed E-state index contributed by atoms with van der Waals surface area (Å²) in [5, 5.41) is 2.96. The highest BCUT2D eigenvalue weighted by molar-refractivity contribution is 5.92. The predicted octanol–water partition coefficient (Wildman–Crippen LogP) is 2.55. The summed E-state index contributed by atoms with van der Waals surface area (Å²) in [4.78, 5) is 12.3. The second kappa shape index (κ2) is 7.31. The number of ether oxygens (including phenoxy) is 2. The van der Waals surface area contributed by atoms with Gasteiger partial charge in [-0.15, -0.1) is 0 Å². The van der Waals surface area contributed by atoms with Gasteiger partial charge in [0.25, 0.3) is 0 Å². The van der Waals surface area contributed by atoms with Gasteiger partial charge in [-0.25, -0.2) is 0 Å². The molecule has 0 bridgehead atoms.